The zero-order valence-corrected chi connectivity index (χ0v) is 5.71. The number of hydrogen-bond acceptors (Lipinski definition) is 4. The van der Waals surface area contributed by atoms with Gasteiger partial charge in [0.25, 0.3) is 0 Å². The van der Waals surface area contributed by atoms with Crippen molar-refractivity contribution >= 4 is 12.4 Å². The monoisotopic (exact) mass is 143 g/mol. The fraction of sp³-hybridized carbons (Fsp3) is 0.667. The lowest BCUT2D eigenvalue weighted by molar-refractivity contribution is -0.117. The lowest BCUT2D eigenvalue weighted by Gasteiger charge is -2.15. The summed E-state index contributed by atoms with van der Waals surface area (Å²) in [6.07, 6.45) is -0.589. The number of carbonyl (C=O) groups is 1. The molecule has 1 heterocycles. The Balaban J connectivity index is 2.51. The van der Waals surface area contributed by atoms with Crippen LogP contribution in [0.4, 0.5) is 0 Å². The smallest absolute Gasteiger partial charge is 0.418 e. The zero-order chi connectivity index (χ0) is 7.78. The van der Waals surface area contributed by atoms with Crippen LogP contribution in [0.2, 0.25) is 0 Å². The Kier molecular flexibility index (Phi) is 1.39. The molecule has 1 unspecified atom stereocenters. The summed E-state index contributed by atoms with van der Waals surface area (Å²) in [5.74, 6) is -0.333. The largest absolute Gasteiger partial charge is 0.447 e. The van der Waals surface area contributed by atoms with Gasteiger partial charge in [-0.05, 0) is 13.8 Å². The van der Waals surface area contributed by atoms with Crippen molar-refractivity contribution in [1.82, 2.24) is 0 Å². The standard InChI is InChI=1S/C6H7O4/c1-6(2,9-3-7)4-5(8)10-4/h4H,1-2H3. The van der Waals surface area contributed by atoms with Crippen molar-refractivity contribution in [3.05, 3.63) is 0 Å². The third-order valence-corrected chi connectivity index (χ3v) is 1.33. The summed E-state index contributed by atoms with van der Waals surface area (Å²) in [5, 5.41) is 0. The van der Waals surface area contributed by atoms with E-state index in [-0.39, 0.29) is 5.97 Å². The van der Waals surface area contributed by atoms with E-state index >= 15 is 0 Å². The van der Waals surface area contributed by atoms with Crippen molar-refractivity contribution in [2.45, 2.75) is 25.6 Å². The first-order valence-corrected chi connectivity index (χ1v) is 2.83. The van der Waals surface area contributed by atoms with Crippen LogP contribution < -0.4 is 0 Å². The first kappa shape index (κ1) is 7.05. The summed E-state index contributed by atoms with van der Waals surface area (Å²) in [5.41, 5.74) is -0.862. The maximum absolute atomic E-state index is 10.4. The molecule has 0 aromatic carbocycles. The van der Waals surface area contributed by atoms with Gasteiger partial charge in [-0.3, -0.25) is 0 Å². The van der Waals surface area contributed by atoms with Crippen LogP contribution in [0.25, 0.3) is 0 Å². The molecule has 0 spiro atoms. The summed E-state index contributed by atoms with van der Waals surface area (Å²) in [6, 6.07) is 0. The first-order chi connectivity index (χ1) is 4.58. The molecule has 4 heteroatoms. The van der Waals surface area contributed by atoms with E-state index in [2.05, 4.69) is 9.47 Å². The highest BCUT2D eigenvalue weighted by molar-refractivity contribution is 5.88. The Morgan fingerprint density at radius 3 is 2.50 bits per heavy atom. The van der Waals surface area contributed by atoms with Crippen LogP contribution >= 0.6 is 0 Å². The van der Waals surface area contributed by atoms with Gasteiger partial charge in [-0.1, -0.05) is 0 Å². The van der Waals surface area contributed by atoms with Crippen LogP contribution in [0.15, 0.2) is 0 Å². The van der Waals surface area contributed by atoms with Gasteiger partial charge < -0.3 is 9.47 Å². The molecule has 1 saturated heterocycles. The molecular formula is C6H7O4. The van der Waals surface area contributed by atoms with E-state index in [1.54, 1.807) is 13.8 Å². The van der Waals surface area contributed by atoms with Crippen LogP contribution in [-0.4, -0.2) is 24.1 Å². The third-order valence-electron chi connectivity index (χ3n) is 1.33. The average molecular weight is 143 g/mol. The predicted molar refractivity (Wildman–Crippen MR) is 30.7 cm³/mol. The van der Waals surface area contributed by atoms with Crippen LogP contribution in [0.1, 0.15) is 13.8 Å². The SMILES string of the molecule is CC(C)(O[C]=O)C1OC1=O. The second-order valence-electron chi connectivity index (χ2n) is 2.61. The van der Waals surface area contributed by atoms with Crippen molar-refractivity contribution in [1.29, 1.82) is 0 Å². The highest BCUT2D eigenvalue weighted by Crippen LogP contribution is 2.28. The maximum Gasteiger partial charge on any atom is 0.418 e. The molecule has 4 nitrogen and oxygen atoms in total. The minimum Gasteiger partial charge on any atom is -0.447 e. The van der Waals surface area contributed by atoms with Gasteiger partial charge in [0.15, 0.2) is 5.60 Å². The number of cyclic esters (lactones) is 1. The van der Waals surface area contributed by atoms with Gasteiger partial charge in [0.1, 0.15) is 0 Å². The van der Waals surface area contributed by atoms with E-state index in [1.165, 1.54) is 6.47 Å². The number of ether oxygens (including phenoxy) is 2. The summed E-state index contributed by atoms with van der Waals surface area (Å²) >= 11 is 0. The van der Waals surface area contributed by atoms with E-state index in [9.17, 15) is 9.59 Å². The Morgan fingerprint density at radius 2 is 2.20 bits per heavy atom. The van der Waals surface area contributed by atoms with Gasteiger partial charge in [-0.2, -0.15) is 0 Å². The fourth-order valence-electron chi connectivity index (χ4n) is 0.669. The van der Waals surface area contributed by atoms with Gasteiger partial charge in [0.05, 0.1) is 0 Å². The quantitative estimate of drug-likeness (QED) is 0.512. The van der Waals surface area contributed by atoms with Gasteiger partial charge >= 0.3 is 12.4 Å². The molecule has 1 atom stereocenters. The van der Waals surface area contributed by atoms with Crippen LogP contribution in [0.5, 0.6) is 0 Å². The lowest BCUT2D eigenvalue weighted by Crippen LogP contribution is -2.31. The highest BCUT2D eigenvalue weighted by Gasteiger charge is 2.52. The molecule has 0 aliphatic carbocycles. The molecular weight excluding hydrogens is 136 g/mol. The number of hydrogen-bond donors (Lipinski definition) is 0. The van der Waals surface area contributed by atoms with Crippen molar-refractivity contribution < 1.29 is 19.1 Å². The molecule has 0 amide bonds. The number of rotatable bonds is 3. The maximum atomic E-state index is 10.4. The fourth-order valence-corrected chi connectivity index (χ4v) is 0.669. The minimum absolute atomic E-state index is 0.333. The van der Waals surface area contributed by atoms with Crippen LogP contribution in [0.3, 0.4) is 0 Å². The number of carbonyl (C=O) groups excluding carboxylic acids is 2. The summed E-state index contributed by atoms with van der Waals surface area (Å²) in [6.45, 7) is 4.45. The third kappa shape index (κ3) is 1.10. The lowest BCUT2D eigenvalue weighted by atomic mass is 10.1. The Bertz CT molecular complexity index is 173. The molecule has 55 valence electrons. The molecule has 0 N–H and O–H groups in total. The molecule has 0 bridgehead atoms. The number of epoxide rings is 1. The summed E-state index contributed by atoms with van der Waals surface area (Å²) in [7, 11) is 0. The Hall–Kier alpha value is -1.06. The normalized spacial score (nSPS) is 23.4. The van der Waals surface area contributed by atoms with E-state index in [0.29, 0.717) is 0 Å². The second kappa shape index (κ2) is 1.97. The molecule has 0 saturated carbocycles. The van der Waals surface area contributed by atoms with Crippen molar-refractivity contribution in [3.63, 3.8) is 0 Å². The molecule has 0 aromatic heterocycles. The second-order valence-corrected chi connectivity index (χ2v) is 2.61. The molecule has 1 radical (unpaired) electrons. The molecule has 1 rings (SSSR count). The topological polar surface area (TPSA) is 55.9 Å². The van der Waals surface area contributed by atoms with E-state index in [1.807, 2.05) is 0 Å². The summed E-state index contributed by atoms with van der Waals surface area (Å²) in [4.78, 5) is 20.1. The van der Waals surface area contributed by atoms with E-state index in [0.717, 1.165) is 0 Å². The van der Waals surface area contributed by atoms with E-state index in [4.69, 9.17) is 0 Å². The van der Waals surface area contributed by atoms with Gasteiger partial charge in [-0.15, -0.1) is 0 Å². The highest BCUT2D eigenvalue weighted by atomic mass is 16.7. The van der Waals surface area contributed by atoms with Crippen molar-refractivity contribution in [2.24, 2.45) is 0 Å². The van der Waals surface area contributed by atoms with Gasteiger partial charge in [-0.25, -0.2) is 9.59 Å². The van der Waals surface area contributed by atoms with E-state index < -0.39 is 11.7 Å². The van der Waals surface area contributed by atoms with Gasteiger partial charge in [0, 0.05) is 0 Å². The molecule has 10 heavy (non-hydrogen) atoms. The van der Waals surface area contributed by atoms with Crippen LogP contribution in [-0.2, 0) is 19.1 Å². The Labute approximate surface area is 58.1 Å². The van der Waals surface area contributed by atoms with Crippen LogP contribution in [0, 0.1) is 0 Å². The van der Waals surface area contributed by atoms with Crippen molar-refractivity contribution in [2.75, 3.05) is 0 Å². The molecule has 1 aliphatic heterocycles. The Morgan fingerprint density at radius 1 is 1.70 bits per heavy atom. The summed E-state index contributed by atoms with van der Waals surface area (Å²) < 4.78 is 8.96. The molecule has 1 aliphatic rings. The average Bonchev–Trinajstić information content (AvgIpc) is 2.46. The van der Waals surface area contributed by atoms with Crippen molar-refractivity contribution in [3.8, 4) is 0 Å². The first-order valence-electron chi connectivity index (χ1n) is 2.83. The van der Waals surface area contributed by atoms with Gasteiger partial charge in [0.2, 0.25) is 6.10 Å². The minimum atomic E-state index is -0.862. The zero-order valence-electron chi connectivity index (χ0n) is 5.71. The molecule has 1 fully saturated rings. The molecule has 0 aromatic rings. The predicted octanol–water partition coefficient (Wildman–Crippen LogP) is -0.226.